The van der Waals surface area contributed by atoms with Gasteiger partial charge in [-0.3, -0.25) is 18.6 Å². The summed E-state index contributed by atoms with van der Waals surface area (Å²) in [5.41, 5.74) is 0. The van der Waals surface area contributed by atoms with E-state index in [1.165, 1.54) is 199 Å². The Morgan fingerprint density at radius 2 is 0.648 bits per heavy atom. The quantitative estimate of drug-likeness (QED) is 0.0211. The van der Waals surface area contributed by atoms with E-state index < -0.39 is 26.5 Å². The Morgan fingerprint density at radius 3 is 0.977 bits per heavy atom. The standard InChI is InChI=1S/C78H138NO8P/c1-6-8-10-12-14-16-18-20-22-24-26-28-30-31-32-33-34-35-36-37-38-39-40-41-42-43-44-45-46-47-49-51-53-55-57-59-61-63-65-67-69-71-78(81)87-76(75-86-88(82,83)85-73-72-79(3,4)5)74-84-77(80)70-68-66-64-62-60-58-56-54-52-50-48-29-27-25-23-21-19-17-15-13-11-9-7-2/h8,10,14,16,20,22,25-28,31-32,34-35,37-38,40-41,76H,6-7,9,11-13,15,17-19,21,23-24,29-30,33,36,39,42-75H2,1-5H3/p+1/b10-8-,16-14-,22-20-,27-25-,28-26-,32-31-,35-34-,38-37-,41-40-. The van der Waals surface area contributed by atoms with E-state index in [0.717, 1.165) is 89.9 Å². The minimum atomic E-state index is -4.40. The summed E-state index contributed by atoms with van der Waals surface area (Å²) in [5.74, 6) is -0.789. The zero-order valence-corrected chi connectivity index (χ0v) is 58.8. The van der Waals surface area contributed by atoms with Gasteiger partial charge in [0.25, 0.3) is 0 Å². The average molecular weight is 1250 g/mol. The van der Waals surface area contributed by atoms with E-state index in [1.54, 1.807) is 0 Å². The van der Waals surface area contributed by atoms with Crippen LogP contribution in [0.1, 0.15) is 322 Å². The Kier molecular flexibility index (Phi) is 65.5. The number of esters is 2. The van der Waals surface area contributed by atoms with E-state index in [0.29, 0.717) is 17.4 Å². The number of quaternary nitrogens is 1. The molecular formula is C78H139NO8P+. The second-order valence-corrected chi connectivity index (χ2v) is 27.0. The number of allylic oxidation sites excluding steroid dienone is 18. The lowest BCUT2D eigenvalue weighted by atomic mass is 10.0. The van der Waals surface area contributed by atoms with Crippen LogP contribution in [0.15, 0.2) is 109 Å². The van der Waals surface area contributed by atoms with Crippen LogP contribution in [0.2, 0.25) is 0 Å². The largest absolute Gasteiger partial charge is 0.472 e. The smallest absolute Gasteiger partial charge is 0.462 e. The van der Waals surface area contributed by atoms with Crippen molar-refractivity contribution in [2.45, 2.75) is 328 Å². The summed E-state index contributed by atoms with van der Waals surface area (Å²) in [6, 6.07) is 0. The van der Waals surface area contributed by atoms with Gasteiger partial charge in [-0.15, -0.1) is 0 Å². The predicted molar refractivity (Wildman–Crippen MR) is 381 cm³/mol. The molecule has 0 saturated carbocycles. The number of carbonyl (C=O) groups is 2. The molecule has 0 fully saturated rings. The van der Waals surface area contributed by atoms with Crippen LogP contribution in [0, 0.1) is 0 Å². The fourth-order valence-electron chi connectivity index (χ4n) is 10.2. The highest BCUT2D eigenvalue weighted by Crippen LogP contribution is 2.43. The van der Waals surface area contributed by atoms with E-state index in [-0.39, 0.29) is 32.0 Å². The number of ether oxygens (including phenoxy) is 2. The highest BCUT2D eigenvalue weighted by molar-refractivity contribution is 7.47. The molecule has 0 aliphatic rings. The molecule has 0 spiro atoms. The Hall–Kier alpha value is -3.33. The highest BCUT2D eigenvalue weighted by atomic mass is 31.2. The molecule has 0 aromatic carbocycles. The van der Waals surface area contributed by atoms with Gasteiger partial charge in [0.15, 0.2) is 6.10 Å². The molecule has 88 heavy (non-hydrogen) atoms. The Bertz CT molecular complexity index is 1850. The lowest BCUT2D eigenvalue weighted by molar-refractivity contribution is -0.870. The van der Waals surface area contributed by atoms with Gasteiger partial charge < -0.3 is 18.9 Å². The fourth-order valence-corrected chi connectivity index (χ4v) is 10.9. The second kappa shape index (κ2) is 68.0. The first-order valence-corrected chi connectivity index (χ1v) is 38.1. The third-order valence-electron chi connectivity index (χ3n) is 15.8. The number of nitrogens with zero attached hydrogens (tertiary/aromatic N) is 1. The second-order valence-electron chi connectivity index (χ2n) is 25.6. The first kappa shape index (κ1) is 84.7. The molecule has 0 radical (unpaired) electrons. The summed E-state index contributed by atoms with van der Waals surface area (Å²) in [5, 5.41) is 0. The molecule has 0 rings (SSSR count). The first-order chi connectivity index (χ1) is 43.0. The fraction of sp³-hybridized carbons (Fsp3) is 0.744. The van der Waals surface area contributed by atoms with Crippen LogP contribution in [-0.4, -0.2) is 74.9 Å². The van der Waals surface area contributed by atoms with E-state index in [9.17, 15) is 19.0 Å². The summed E-state index contributed by atoms with van der Waals surface area (Å²) in [6.45, 7) is 4.35. The molecule has 0 bridgehead atoms. The molecular weight excluding hydrogens is 1110 g/mol. The van der Waals surface area contributed by atoms with Crippen LogP contribution < -0.4 is 0 Å². The van der Waals surface area contributed by atoms with Crippen LogP contribution >= 0.6 is 7.82 Å². The van der Waals surface area contributed by atoms with Crippen LogP contribution in [0.4, 0.5) is 0 Å². The molecule has 2 unspecified atom stereocenters. The lowest BCUT2D eigenvalue weighted by Gasteiger charge is -2.24. The zero-order chi connectivity index (χ0) is 64.1. The maximum absolute atomic E-state index is 12.9. The summed E-state index contributed by atoms with van der Waals surface area (Å²) < 4.78 is 34.7. The molecule has 0 aliphatic carbocycles. The van der Waals surface area contributed by atoms with Crippen molar-refractivity contribution >= 4 is 19.8 Å². The third kappa shape index (κ3) is 71.7. The topological polar surface area (TPSA) is 108 Å². The van der Waals surface area contributed by atoms with Crippen molar-refractivity contribution in [3.63, 3.8) is 0 Å². The molecule has 508 valence electrons. The van der Waals surface area contributed by atoms with Crippen LogP contribution in [-0.2, 0) is 32.7 Å². The molecule has 0 aliphatic heterocycles. The summed E-state index contributed by atoms with van der Waals surface area (Å²) >= 11 is 0. The van der Waals surface area contributed by atoms with Gasteiger partial charge in [-0.25, -0.2) is 4.57 Å². The molecule has 10 heteroatoms. The molecule has 0 amide bonds. The van der Waals surface area contributed by atoms with Gasteiger partial charge in [0.05, 0.1) is 27.7 Å². The SMILES string of the molecule is CC/C=C\C/C=C\C/C=C\C/C=C\C/C=C\C/C=C\C/C=C\C/C=C\CCCCCCCCCCCCCCCCCCC(=O)OC(COC(=O)CCCCCCCCCCCCC/C=C\CCCCCCCCCC)COP(=O)(O)OCC[N+](C)(C)C. The van der Waals surface area contributed by atoms with Crippen molar-refractivity contribution in [3.8, 4) is 0 Å². The Balaban J connectivity index is 4.00. The van der Waals surface area contributed by atoms with Crippen molar-refractivity contribution in [3.05, 3.63) is 109 Å². The molecule has 9 nitrogen and oxygen atoms in total. The summed E-state index contributed by atoms with van der Waals surface area (Å²) in [7, 11) is 1.48. The van der Waals surface area contributed by atoms with Gasteiger partial charge >= 0.3 is 19.8 Å². The van der Waals surface area contributed by atoms with Gasteiger partial charge in [0.1, 0.15) is 19.8 Å². The number of unbranched alkanes of at least 4 members (excludes halogenated alkanes) is 35. The van der Waals surface area contributed by atoms with Crippen molar-refractivity contribution < 1.29 is 42.1 Å². The maximum atomic E-state index is 12.9. The predicted octanol–water partition coefficient (Wildman–Crippen LogP) is 24.1. The number of hydrogen-bond donors (Lipinski definition) is 1. The lowest BCUT2D eigenvalue weighted by Crippen LogP contribution is -2.37. The van der Waals surface area contributed by atoms with Gasteiger partial charge in [-0.05, 0) is 103 Å². The van der Waals surface area contributed by atoms with Crippen molar-refractivity contribution in [1.29, 1.82) is 0 Å². The van der Waals surface area contributed by atoms with E-state index >= 15 is 0 Å². The normalized spacial score (nSPS) is 13.8. The average Bonchev–Trinajstić information content (AvgIpc) is 3.58. The number of likely N-dealkylation sites (N-methyl/N-ethyl adjacent to an activating group) is 1. The van der Waals surface area contributed by atoms with Gasteiger partial charge in [-0.1, -0.05) is 316 Å². The molecule has 0 heterocycles. The van der Waals surface area contributed by atoms with Gasteiger partial charge in [0, 0.05) is 12.8 Å². The van der Waals surface area contributed by atoms with E-state index in [1.807, 2.05) is 21.1 Å². The number of phosphoric acid groups is 1. The van der Waals surface area contributed by atoms with Crippen molar-refractivity contribution in [1.82, 2.24) is 0 Å². The van der Waals surface area contributed by atoms with Gasteiger partial charge in [-0.2, -0.15) is 0 Å². The third-order valence-corrected chi connectivity index (χ3v) is 16.8. The van der Waals surface area contributed by atoms with E-state index in [2.05, 4.69) is 123 Å². The zero-order valence-electron chi connectivity index (χ0n) is 57.9. The molecule has 0 saturated heterocycles. The first-order valence-electron chi connectivity index (χ1n) is 36.6. The minimum Gasteiger partial charge on any atom is -0.462 e. The number of rotatable bonds is 67. The molecule has 0 aromatic heterocycles. The summed E-state index contributed by atoms with van der Waals surface area (Å²) in [4.78, 5) is 35.9. The van der Waals surface area contributed by atoms with Crippen LogP contribution in [0.25, 0.3) is 0 Å². The maximum Gasteiger partial charge on any atom is 0.472 e. The van der Waals surface area contributed by atoms with E-state index in [4.69, 9.17) is 18.5 Å². The Morgan fingerprint density at radius 1 is 0.364 bits per heavy atom. The monoisotopic (exact) mass is 1250 g/mol. The van der Waals surface area contributed by atoms with Crippen LogP contribution in [0.5, 0.6) is 0 Å². The molecule has 2 atom stereocenters. The minimum absolute atomic E-state index is 0.0298. The van der Waals surface area contributed by atoms with Crippen molar-refractivity contribution in [2.75, 3.05) is 47.5 Å². The van der Waals surface area contributed by atoms with Crippen LogP contribution in [0.3, 0.4) is 0 Å². The number of carbonyl (C=O) groups excluding carboxylic acids is 2. The summed E-state index contributed by atoms with van der Waals surface area (Å²) in [6.07, 6.45) is 96.3. The van der Waals surface area contributed by atoms with Gasteiger partial charge in [0.2, 0.25) is 0 Å². The number of hydrogen-bond acceptors (Lipinski definition) is 7. The highest BCUT2D eigenvalue weighted by Gasteiger charge is 2.27. The molecule has 1 N–H and O–H groups in total. The Labute approximate surface area is 544 Å². The number of phosphoric ester groups is 1. The molecule has 0 aromatic rings. The van der Waals surface area contributed by atoms with Crippen molar-refractivity contribution in [2.24, 2.45) is 0 Å².